The van der Waals surface area contributed by atoms with Crippen LogP contribution < -0.4 is 0 Å². The Labute approximate surface area is 84.7 Å². The zero-order valence-electron chi connectivity index (χ0n) is 8.73. The second-order valence-electron chi connectivity index (χ2n) is 3.88. The average molecular weight is 192 g/mol. The molecule has 1 aliphatic heterocycles. The number of oxime groups is 1. The summed E-state index contributed by atoms with van der Waals surface area (Å²) < 4.78 is 0. The highest BCUT2D eigenvalue weighted by Gasteiger charge is 2.30. The van der Waals surface area contributed by atoms with E-state index in [1.807, 2.05) is 0 Å². The second-order valence-corrected chi connectivity index (χ2v) is 3.88. The van der Waals surface area contributed by atoms with Gasteiger partial charge in [0, 0.05) is 19.5 Å². The molecule has 1 fully saturated rings. The highest BCUT2D eigenvalue weighted by atomic mass is 16.6. The Morgan fingerprint density at radius 2 is 2.36 bits per heavy atom. The van der Waals surface area contributed by atoms with E-state index in [4.69, 9.17) is 4.84 Å². The van der Waals surface area contributed by atoms with E-state index in [1.54, 1.807) is 7.11 Å². The molecule has 0 aromatic rings. The molecule has 1 aliphatic carbocycles. The molecule has 0 spiro atoms. The molecule has 0 atom stereocenters. The monoisotopic (exact) mass is 192 g/mol. The summed E-state index contributed by atoms with van der Waals surface area (Å²) in [4.78, 5) is 7.05. The zero-order valence-corrected chi connectivity index (χ0v) is 8.73. The van der Waals surface area contributed by atoms with Crippen molar-refractivity contribution in [2.24, 2.45) is 11.1 Å². The van der Waals surface area contributed by atoms with E-state index in [0.717, 1.165) is 12.3 Å². The fraction of sp³-hybridized carbons (Fsp3) is 0.545. The number of allylic oxidation sites excluding steroid dienone is 2. The van der Waals surface area contributed by atoms with Gasteiger partial charge in [-0.25, -0.2) is 0 Å². The summed E-state index contributed by atoms with van der Waals surface area (Å²) in [6, 6.07) is 0. The second kappa shape index (κ2) is 3.86. The number of likely N-dealkylation sites (N-methyl/N-ethyl adjacent to an activating group) is 1. The smallest absolute Gasteiger partial charge is 0.106 e. The summed E-state index contributed by atoms with van der Waals surface area (Å²) in [6.45, 7) is 0.940. The lowest BCUT2D eigenvalue weighted by Crippen LogP contribution is -2.22. The van der Waals surface area contributed by atoms with Gasteiger partial charge in [-0.1, -0.05) is 11.2 Å². The molecule has 0 saturated heterocycles. The van der Waals surface area contributed by atoms with Crippen molar-refractivity contribution in [3.8, 4) is 0 Å². The lowest BCUT2D eigenvalue weighted by Gasteiger charge is -2.20. The van der Waals surface area contributed by atoms with Gasteiger partial charge in [-0.2, -0.15) is 0 Å². The SMILES string of the molecule is CON=C(C1=CC=CN(C)C1)C1CC1. The van der Waals surface area contributed by atoms with Gasteiger partial charge in [0.15, 0.2) is 0 Å². The Morgan fingerprint density at radius 3 is 2.93 bits per heavy atom. The van der Waals surface area contributed by atoms with E-state index in [2.05, 4.69) is 35.5 Å². The van der Waals surface area contributed by atoms with Crippen molar-refractivity contribution in [1.82, 2.24) is 4.90 Å². The highest BCUT2D eigenvalue weighted by molar-refractivity contribution is 6.03. The van der Waals surface area contributed by atoms with Crippen molar-refractivity contribution in [3.63, 3.8) is 0 Å². The van der Waals surface area contributed by atoms with Crippen molar-refractivity contribution in [2.45, 2.75) is 12.8 Å². The Kier molecular flexibility index (Phi) is 2.57. The van der Waals surface area contributed by atoms with Crippen molar-refractivity contribution >= 4 is 5.71 Å². The zero-order chi connectivity index (χ0) is 9.97. The fourth-order valence-corrected chi connectivity index (χ4v) is 1.70. The third kappa shape index (κ3) is 1.97. The molecule has 0 bridgehead atoms. The molecule has 3 nitrogen and oxygen atoms in total. The molecule has 2 aliphatic rings. The van der Waals surface area contributed by atoms with Crippen LogP contribution in [0.4, 0.5) is 0 Å². The third-order valence-corrected chi connectivity index (χ3v) is 2.54. The molecule has 1 saturated carbocycles. The molecule has 0 amide bonds. The first kappa shape index (κ1) is 9.31. The van der Waals surface area contributed by atoms with Crippen molar-refractivity contribution in [1.29, 1.82) is 0 Å². The summed E-state index contributed by atoms with van der Waals surface area (Å²) in [7, 11) is 3.69. The Bertz CT molecular complexity index is 300. The van der Waals surface area contributed by atoms with Gasteiger partial charge in [-0.3, -0.25) is 0 Å². The molecule has 2 rings (SSSR count). The van der Waals surface area contributed by atoms with Crippen LogP contribution in [0.5, 0.6) is 0 Å². The molecule has 3 heteroatoms. The van der Waals surface area contributed by atoms with E-state index in [1.165, 1.54) is 18.4 Å². The minimum atomic E-state index is 0.640. The van der Waals surface area contributed by atoms with Crippen LogP contribution in [0.1, 0.15) is 12.8 Å². The van der Waals surface area contributed by atoms with Gasteiger partial charge in [0.1, 0.15) is 7.11 Å². The number of nitrogens with zero attached hydrogens (tertiary/aromatic N) is 2. The van der Waals surface area contributed by atoms with Gasteiger partial charge in [-0.15, -0.1) is 0 Å². The van der Waals surface area contributed by atoms with Gasteiger partial charge >= 0.3 is 0 Å². The molecule has 14 heavy (non-hydrogen) atoms. The largest absolute Gasteiger partial charge is 0.399 e. The number of rotatable bonds is 3. The molecular formula is C11H16N2O. The van der Waals surface area contributed by atoms with E-state index < -0.39 is 0 Å². The minimum absolute atomic E-state index is 0.640. The molecule has 1 heterocycles. The van der Waals surface area contributed by atoms with Crippen LogP contribution >= 0.6 is 0 Å². The van der Waals surface area contributed by atoms with Gasteiger partial charge in [0.05, 0.1) is 5.71 Å². The van der Waals surface area contributed by atoms with Crippen LogP contribution in [-0.4, -0.2) is 31.3 Å². The molecule has 0 radical (unpaired) electrons. The van der Waals surface area contributed by atoms with E-state index in [0.29, 0.717) is 5.92 Å². The fourth-order valence-electron chi connectivity index (χ4n) is 1.70. The van der Waals surface area contributed by atoms with Crippen molar-refractivity contribution in [2.75, 3.05) is 20.7 Å². The summed E-state index contributed by atoms with van der Waals surface area (Å²) >= 11 is 0. The third-order valence-electron chi connectivity index (χ3n) is 2.54. The van der Waals surface area contributed by atoms with Crippen LogP contribution in [0.15, 0.2) is 29.1 Å². The average Bonchev–Trinajstić information content (AvgIpc) is 2.97. The first-order valence-electron chi connectivity index (χ1n) is 5.00. The Hall–Kier alpha value is -1.25. The molecule has 76 valence electrons. The van der Waals surface area contributed by atoms with E-state index >= 15 is 0 Å². The predicted octanol–water partition coefficient (Wildman–Crippen LogP) is 1.78. The lowest BCUT2D eigenvalue weighted by atomic mass is 10.0. The maximum absolute atomic E-state index is 4.90. The molecule has 0 N–H and O–H groups in total. The lowest BCUT2D eigenvalue weighted by molar-refractivity contribution is 0.212. The van der Waals surface area contributed by atoms with Gasteiger partial charge < -0.3 is 9.74 Å². The van der Waals surface area contributed by atoms with Crippen LogP contribution in [0.25, 0.3) is 0 Å². The van der Waals surface area contributed by atoms with Crippen molar-refractivity contribution < 1.29 is 4.84 Å². The van der Waals surface area contributed by atoms with Gasteiger partial charge in [0.25, 0.3) is 0 Å². The summed E-state index contributed by atoms with van der Waals surface area (Å²) in [5.74, 6) is 0.640. The van der Waals surface area contributed by atoms with Crippen molar-refractivity contribution in [3.05, 3.63) is 23.9 Å². The maximum Gasteiger partial charge on any atom is 0.106 e. The summed E-state index contributed by atoms with van der Waals surface area (Å²) in [5, 5.41) is 4.13. The first-order chi connectivity index (χ1) is 6.81. The normalized spacial score (nSPS) is 22.3. The predicted molar refractivity (Wildman–Crippen MR) is 57.0 cm³/mol. The van der Waals surface area contributed by atoms with Crippen LogP contribution in [-0.2, 0) is 4.84 Å². The van der Waals surface area contributed by atoms with E-state index in [-0.39, 0.29) is 0 Å². The van der Waals surface area contributed by atoms with Gasteiger partial charge in [0.2, 0.25) is 0 Å². The van der Waals surface area contributed by atoms with Gasteiger partial charge in [-0.05, 0) is 30.7 Å². The highest BCUT2D eigenvalue weighted by Crippen LogP contribution is 2.34. The molecule has 0 aromatic carbocycles. The molecule has 0 aromatic heterocycles. The van der Waals surface area contributed by atoms with Crippen LogP contribution in [0.2, 0.25) is 0 Å². The molecular weight excluding hydrogens is 176 g/mol. The topological polar surface area (TPSA) is 24.8 Å². The standard InChI is InChI=1S/C11H16N2O/c1-13-7-3-4-10(8-13)11(12-14-2)9-5-6-9/h3-4,7,9H,5-6,8H2,1-2H3. The summed E-state index contributed by atoms with van der Waals surface area (Å²) in [6.07, 6.45) is 8.78. The number of hydrogen-bond acceptors (Lipinski definition) is 3. The Morgan fingerprint density at radius 1 is 1.57 bits per heavy atom. The summed E-state index contributed by atoms with van der Waals surface area (Å²) in [5.41, 5.74) is 2.43. The van der Waals surface area contributed by atoms with Crippen LogP contribution in [0, 0.1) is 5.92 Å². The first-order valence-corrected chi connectivity index (χ1v) is 5.00. The molecule has 0 unspecified atom stereocenters. The minimum Gasteiger partial charge on any atom is -0.399 e. The Balaban J connectivity index is 2.14. The van der Waals surface area contributed by atoms with Crippen LogP contribution in [0.3, 0.4) is 0 Å². The van der Waals surface area contributed by atoms with E-state index in [9.17, 15) is 0 Å². The number of hydrogen-bond donors (Lipinski definition) is 0. The quantitative estimate of drug-likeness (QED) is 0.503. The maximum atomic E-state index is 4.90.